The molecule has 6 heteroatoms. The van der Waals surface area contributed by atoms with Crippen molar-refractivity contribution >= 4 is 17.3 Å². The van der Waals surface area contributed by atoms with E-state index in [-0.39, 0.29) is 11.7 Å². The third kappa shape index (κ3) is 1.76. The Morgan fingerprint density at radius 1 is 1.45 bits per heavy atom. The number of aryl methyl sites for hydroxylation is 2. The summed E-state index contributed by atoms with van der Waals surface area (Å²) in [6.45, 7) is 2.56. The molecule has 0 radical (unpaired) electrons. The molecular formula is C14H16FN5. The minimum atomic E-state index is -0.265. The van der Waals surface area contributed by atoms with Crippen LogP contribution in [0.2, 0.25) is 0 Å². The van der Waals surface area contributed by atoms with E-state index in [1.165, 1.54) is 12.1 Å². The van der Waals surface area contributed by atoms with Crippen LogP contribution >= 0.6 is 0 Å². The molecule has 1 aliphatic rings. The van der Waals surface area contributed by atoms with Crippen LogP contribution in [0.1, 0.15) is 16.8 Å². The molecule has 0 fully saturated rings. The molecule has 0 amide bonds. The van der Waals surface area contributed by atoms with Gasteiger partial charge in [-0.05, 0) is 31.0 Å². The first kappa shape index (κ1) is 12.7. The van der Waals surface area contributed by atoms with Gasteiger partial charge in [0.15, 0.2) is 0 Å². The summed E-state index contributed by atoms with van der Waals surface area (Å²) in [5.74, 6) is 0.466. The number of fused-ring (bicyclic) bond motifs is 1. The molecule has 5 nitrogen and oxygen atoms in total. The van der Waals surface area contributed by atoms with Crippen molar-refractivity contribution in [3.05, 3.63) is 40.8 Å². The fourth-order valence-corrected chi connectivity index (χ4v) is 2.84. The van der Waals surface area contributed by atoms with E-state index in [9.17, 15) is 4.39 Å². The summed E-state index contributed by atoms with van der Waals surface area (Å²) in [5, 5.41) is 12.1. The van der Waals surface area contributed by atoms with Gasteiger partial charge in [0.2, 0.25) is 0 Å². The Bertz CT molecular complexity index is 704. The normalized spacial score (nSPS) is 13.7. The predicted molar refractivity (Wildman–Crippen MR) is 76.1 cm³/mol. The van der Waals surface area contributed by atoms with Gasteiger partial charge in [0.05, 0.1) is 11.3 Å². The average molecular weight is 273 g/mol. The number of benzene rings is 1. The number of hydrogen-bond donors (Lipinski definition) is 2. The highest BCUT2D eigenvalue weighted by atomic mass is 19.1. The number of amidine groups is 1. The van der Waals surface area contributed by atoms with Crippen LogP contribution in [0.25, 0.3) is 0 Å². The highest BCUT2D eigenvalue weighted by molar-refractivity contribution is 6.01. The zero-order valence-corrected chi connectivity index (χ0v) is 11.4. The van der Waals surface area contributed by atoms with E-state index in [0.717, 1.165) is 30.0 Å². The van der Waals surface area contributed by atoms with E-state index in [4.69, 9.17) is 11.1 Å². The van der Waals surface area contributed by atoms with E-state index in [1.54, 1.807) is 10.7 Å². The first-order valence-corrected chi connectivity index (χ1v) is 6.43. The molecule has 1 aromatic carbocycles. The van der Waals surface area contributed by atoms with Crippen molar-refractivity contribution in [1.29, 1.82) is 5.41 Å². The molecule has 104 valence electrons. The lowest BCUT2D eigenvalue weighted by Crippen LogP contribution is -2.22. The number of hydrogen-bond acceptors (Lipinski definition) is 3. The zero-order valence-electron chi connectivity index (χ0n) is 11.4. The molecule has 0 atom stereocenters. The maximum atomic E-state index is 13.5. The lowest BCUT2D eigenvalue weighted by molar-refractivity contribution is 0.627. The number of nitrogens with zero attached hydrogens (tertiary/aromatic N) is 3. The van der Waals surface area contributed by atoms with Gasteiger partial charge in [-0.15, -0.1) is 0 Å². The van der Waals surface area contributed by atoms with Gasteiger partial charge in [-0.25, -0.2) is 4.39 Å². The Morgan fingerprint density at radius 2 is 2.20 bits per heavy atom. The first-order chi connectivity index (χ1) is 9.49. The largest absolute Gasteiger partial charge is 0.384 e. The van der Waals surface area contributed by atoms with Crippen LogP contribution in [0.15, 0.2) is 18.2 Å². The van der Waals surface area contributed by atoms with E-state index in [1.807, 2.05) is 18.9 Å². The molecule has 20 heavy (non-hydrogen) atoms. The number of nitrogen functional groups attached to an aromatic ring is 1. The average Bonchev–Trinajstić information content (AvgIpc) is 2.89. The van der Waals surface area contributed by atoms with E-state index in [2.05, 4.69) is 5.10 Å². The quantitative estimate of drug-likeness (QED) is 0.648. The first-order valence-electron chi connectivity index (χ1n) is 6.43. The van der Waals surface area contributed by atoms with Crippen LogP contribution in [0, 0.1) is 18.2 Å². The molecule has 1 aromatic heterocycles. The molecule has 2 aromatic rings. The SMILES string of the molecule is Cc1nn(C)c(N2CCc3ccc(F)cc32)c1C(=N)N. The molecule has 0 bridgehead atoms. The topological polar surface area (TPSA) is 70.9 Å². The summed E-state index contributed by atoms with van der Waals surface area (Å²) in [7, 11) is 1.81. The molecule has 3 rings (SSSR count). The van der Waals surface area contributed by atoms with Gasteiger partial charge in [0.1, 0.15) is 17.5 Å². The van der Waals surface area contributed by atoms with Crippen molar-refractivity contribution in [2.24, 2.45) is 12.8 Å². The molecule has 3 N–H and O–H groups in total. The van der Waals surface area contributed by atoms with Crippen molar-refractivity contribution < 1.29 is 4.39 Å². The number of nitrogens with two attached hydrogens (primary N) is 1. The second-order valence-electron chi connectivity index (χ2n) is 5.00. The van der Waals surface area contributed by atoms with Crippen molar-refractivity contribution in [1.82, 2.24) is 9.78 Å². The van der Waals surface area contributed by atoms with Crippen LogP contribution in [0.4, 0.5) is 15.9 Å². The molecule has 1 aliphatic heterocycles. The Kier molecular flexibility index (Phi) is 2.74. The fourth-order valence-electron chi connectivity index (χ4n) is 2.84. The van der Waals surface area contributed by atoms with Gasteiger partial charge in [-0.2, -0.15) is 5.10 Å². The zero-order chi connectivity index (χ0) is 14.4. The molecular weight excluding hydrogens is 257 g/mol. The van der Waals surface area contributed by atoms with Crippen molar-refractivity contribution in [2.75, 3.05) is 11.4 Å². The number of rotatable bonds is 2. The lowest BCUT2D eigenvalue weighted by atomic mass is 10.1. The van der Waals surface area contributed by atoms with E-state index >= 15 is 0 Å². The summed E-state index contributed by atoms with van der Waals surface area (Å²) < 4.78 is 15.2. The molecule has 0 aliphatic carbocycles. The highest BCUT2D eigenvalue weighted by Gasteiger charge is 2.27. The summed E-state index contributed by atoms with van der Waals surface area (Å²) >= 11 is 0. The molecule has 2 heterocycles. The fraction of sp³-hybridized carbons (Fsp3) is 0.286. The monoisotopic (exact) mass is 273 g/mol. The molecule has 0 saturated carbocycles. The van der Waals surface area contributed by atoms with Gasteiger partial charge in [-0.1, -0.05) is 6.07 Å². The number of anilines is 2. The van der Waals surface area contributed by atoms with Gasteiger partial charge in [-0.3, -0.25) is 10.1 Å². The van der Waals surface area contributed by atoms with Gasteiger partial charge in [0, 0.05) is 19.3 Å². The Morgan fingerprint density at radius 3 is 2.90 bits per heavy atom. The van der Waals surface area contributed by atoms with Crippen molar-refractivity contribution in [3.63, 3.8) is 0 Å². The smallest absolute Gasteiger partial charge is 0.142 e. The van der Waals surface area contributed by atoms with Crippen molar-refractivity contribution in [2.45, 2.75) is 13.3 Å². The maximum absolute atomic E-state index is 13.5. The molecule has 0 spiro atoms. The van der Waals surface area contributed by atoms with Gasteiger partial charge in [0.25, 0.3) is 0 Å². The maximum Gasteiger partial charge on any atom is 0.142 e. The van der Waals surface area contributed by atoms with Gasteiger partial charge < -0.3 is 10.6 Å². The van der Waals surface area contributed by atoms with Crippen LogP contribution in [-0.4, -0.2) is 22.2 Å². The van der Waals surface area contributed by atoms with E-state index in [0.29, 0.717) is 11.3 Å². The summed E-state index contributed by atoms with van der Waals surface area (Å²) in [5.41, 5.74) is 8.93. The highest BCUT2D eigenvalue weighted by Crippen LogP contribution is 2.37. The number of aromatic nitrogens is 2. The second-order valence-corrected chi connectivity index (χ2v) is 5.00. The minimum absolute atomic E-state index is 0.0181. The number of halogens is 1. The summed E-state index contributed by atoms with van der Waals surface area (Å²) in [6.07, 6.45) is 0.844. The third-order valence-corrected chi connectivity index (χ3v) is 3.66. The van der Waals surface area contributed by atoms with E-state index < -0.39 is 0 Å². The predicted octanol–water partition coefficient (Wildman–Crippen LogP) is 1.85. The minimum Gasteiger partial charge on any atom is -0.384 e. The van der Waals surface area contributed by atoms with Gasteiger partial charge >= 0.3 is 0 Å². The third-order valence-electron chi connectivity index (χ3n) is 3.66. The lowest BCUT2D eigenvalue weighted by Gasteiger charge is -2.21. The van der Waals surface area contributed by atoms with Crippen LogP contribution in [0.3, 0.4) is 0 Å². The van der Waals surface area contributed by atoms with Crippen LogP contribution < -0.4 is 10.6 Å². The van der Waals surface area contributed by atoms with Crippen molar-refractivity contribution in [3.8, 4) is 0 Å². The van der Waals surface area contributed by atoms with Crippen LogP contribution in [-0.2, 0) is 13.5 Å². The summed E-state index contributed by atoms with van der Waals surface area (Å²) in [4.78, 5) is 1.98. The van der Waals surface area contributed by atoms with Crippen LogP contribution in [0.5, 0.6) is 0 Å². The Balaban J connectivity index is 2.18. The molecule has 0 saturated heterocycles. The standard InChI is InChI=1S/C14H16FN5/c1-8-12(13(16)17)14(19(2)18-8)20-6-5-9-3-4-10(15)7-11(9)20/h3-4,7H,5-6H2,1-2H3,(H3,16,17). The molecule has 0 unspecified atom stereocenters. The second kappa shape index (κ2) is 4.33. The number of nitrogens with one attached hydrogen (secondary N) is 1. The Hall–Kier alpha value is -2.37. The summed E-state index contributed by atoms with van der Waals surface area (Å²) in [6, 6.07) is 4.80. The Labute approximate surface area is 116 Å².